The van der Waals surface area contributed by atoms with Crippen LogP contribution in [0.3, 0.4) is 0 Å². The van der Waals surface area contributed by atoms with Crippen molar-refractivity contribution in [3.63, 3.8) is 0 Å². The zero-order valence-corrected chi connectivity index (χ0v) is 10.3. The van der Waals surface area contributed by atoms with E-state index < -0.39 is 0 Å². The Balaban J connectivity index is 2.14. The predicted molar refractivity (Wildman–Crippen MR) is 67.8 cm³/mol. The maximum Gasteiger partial charge on any atom is 0.147 e. The number of aromatic nitrogens is 1. The van der Waals surface area contributed by atoms with Crippen molar-refractivity contribution in [3.05, 3.63) is 23.4 Å². The average molecular weight is 240 g/mol. The van der Waals surface area contributed by atoms with Gasteiger partial charge in [0.05, 0.1) is 5.02 Å². The van der Waals surface area contributed by atoms with E-state index in [0.717, 1.165) is 36.8 Å². The largest absolute Gasteiger partial charge is 0.355 e. The third-order valence-electron chi connectivity index (χ3n) is 3.36. The fourth-order valence-electron chi connectivity index (χ4n) is 2.28. The molecule has 2 atom stereocenters. The van der Waals surface area contributed by atoms with Crippen molar-refractivity contribution in [2.45, 2.75) is 25.8 Å². The van der Waals surface area contributed by atoms with Gasteiger partial charge in [0.25, 0.3) is 0 Å². The predicted octanol–water partition coefficient (Wildman–Crippen LogP) is 2.30. The van der Waals surface area contributed by atoms with Gasteiger partial charge in [0.1, 0.15) is 5.82 Å². The number of pyridine rings is 1. The van der Waals surface area contributed by atoms with Crippen LogP contribution < -0.4 is 10.6 Å². The maximum atomic E-state index is 6.15. The molecule has 0 aromatic carbocycles. The molecule has 1 aromatic heterocycles. The Labute approximate surface area is 102 Å². The second-order valence-corrected chi connectivity index (χ2v) is 4.78. The molecule has 2 unspecified atom stereocenters. The summed E-state index contributed by atoms with van der Waals surface area (Å²) in [5.74, 6) is 1.45. The standard InChI is InChI=1S/C12H18ClN3/c1-2-9-8-16(7-5-11(9)14)12-10(13)4-3-6-15-12/h3-4,6,9,11H,2,5,7-8,14H2,1H3. The van der Waals surface area contributed by atoms with Gasteiger partial charge in [0.15, 0.2) is 0 Å². The van der Waals surface area contributed by atoms with Crippen LogP contribution in [0.15, 0.2) is 18.3 Å². The molecule has 1 fully saturated rings. The monoisotopic (exact) mass is 239 g/mol. The van der Waals surface area contributed by atoms with Gasteiger partial charge in [-0.25, -0.2) is 4.98 Å². The molecule has 88 valence electrons. The number of anilines is 1. The van der Waals surface area contributed by atoms with E-state index in [1.165, 1.54) is 0 Å². The van der Waals surface area contributed by atoms with Gasteiger partial charge >= 0.3 is 0 Å². The van der Waals surface area contributed by atoms with Crippen LogP contribution >= 0.6 is 11.6 Å². The van der Waals surface area contributed by atoms with E-state index in [2.05, 4.69) is 16.8 Å². The number of hydrogen-bond donors (Lipinski definition) is 1. The van der Waals surface area contributed by atoms with Crippen LogP contribution in [0, 0.1) is 5.92 Å². The van der Waals surface area contributed by atoms with E-state index in [4.69, 9.17) is 17.3 Å². The topological polar surface area (TPSA) is 42.2 Å². The summed E-state index contributed by atoms with van der Waals surface area (Å²) in [5, 5.41) is 0.729. The van der Waals surface area contributed by atoms with E-state index >= 15 is 0 Å². The van der Waals surface area contributed by atoms with E-state index in [1.807, 2.05) is 12.1 Å². The normalized spacial score (nSPS) is 25.8. The minimum absolute atomic E-state index is 0.323. The molecule has 1 aromatic rings. The molecule has 1 aliphatic rings. The molecule has 0 amide bonds. The summed E-state index contributed by atoms with van der Waals surface area (Å²) in [4.78, 5) is 6.60. The van der Waals surface area contributed by atoms with Crippen molar-refractivity contribution in [1.29, 1.82) is 0 Å². The fraction of sp³-hybridized carbons (Fsp3) is 0.583. The molecule has 0 saturated carbocycles. The number of rotatable bonds is 2. The lowest BCUT2D eigenvalue weighted by molar-refractivity contribution is 0.347. The Morgan fingerprint density at radius 1 is 1.62 bits per heavy atom. The molecule has 3 nitrogen and oxygen atoms in total. The SMILES string of the molecule is CCC1CN(c2ncccc2Cl)CCC1N. The van der Waals surface area contributed by atoms with Crippen LogP contribution in [0.4, 0.5) is 5.82 Å². The van der Waals surface area contributed by atoms with Crippen LogP contribution in [0.5, 0.6) is 0 Å². The van der Waals surface area contributed by atoms with Crippen LogP contribution in [-0.4, -0.2) is 24.1 Å². The Morgan fingerprint density at radius 2 is 2.44 bits per heavy atom. The Bertz CT molecular complexity index is 356. The number of halogens is 1. The highest BCUT2D eigenvalue weighted by atomic mass is 35.5. The summed E-state index contributed by atoms with van der Waals surface area (Å²) in [6.45, 7) is 4.11. The highest BCUT2D eigenvalue weighted by molar-refractivity contribution is 6.32. The molecule has 16 heavy (non-hydrogen) atoms. The van der Waals surface area contributed by atoms with Crippen LogP contribution in [-0.2, 0) is 0 Å². The van der Waals surface area contributed by atoms with Crippen LogP contribution in [0.25, 0.3) is 0 Å². The summed E-state index contributed by atoms with van der Waals surface area (Å²) >= 11 is 6.15. The first kappa shape index (κ1) is 11.7. The Kier molecular flexibility index (Phi) is 3.66. The molecule has 0 bridgehead atoms. The van der Waals surface area contributed by atoms with Crippen molar-refractivity contribution >= 4 is 17.4 Å². The number of nitrogens with two attached hydrogens (primary N) is 1. The highest BCUT2D eigenvalue weighted by Crippen LogP contribution is 2.27. The van der Waals surface area contributed by atoms with Crippen molar-refractivity contribution in [2.75, 3.05) is 18.0 Å². The Morgan fingerprint density at radius 3 is 3.12 bits per heavy atom. The minimum atomic E-state index is 0.323. The van der Waals surface area contributed by atoms with E-state index in [0.29, 0.717) is 12.0 Å². The van der Waals surface area contributed by atoms with E-state index in [1.54, 1.807) is 6.20 Å². The van der Waals surface area contributed by atoms with Crippen LogP contribution in [0.1, 0.15) is 19.8 Å². The van der Waals surface area contributed by atoms with Crippen molar-refractivity contribution in [1.82, 2.24) is 4.98 Å². The molecule has 1 saturated heterocycles. The van der Waals surface area contributed by atoms with Gasteiger partial charge in [0.2, 0.25) is 0 Å². The smallest absolute Gasteiger partial charge is 0.147 e. The summed E-state index contributed by atoms with van der Waals surface area (Å²) in [5.41, 5.74) is 6.09. The first-order chi connectivity index (χ1) is 7.72. The fourth-order valence-corrected chi connectivity index (χ4v) is 2.53. The molecule has 4 heteroatoms. The molecular formula is C12H18ClN3. The van der Waals surface area contributed by atoms with Gasteiger partial charge in [-0.05, 0) is 24.5 Å². The van der Waals surface area contributed by atoms with Gasteiger partial charge in [-0.15, -0.1) is 0 Å². The quantitative estimate of drug-likeness (QED) is 0.861. The second-order valence-electron chi connectivity index (χ2n) is 4.38. The Hall–Kier alpha value is -0.800. The first-order valence-corrected chi connectivity index (χ1v) is 6.21. The van der Waals surface area contributed by atoms with Crippen molar-refractivity contribution < 1.29 is 0 Å². The number of nitrogens with zero attached hydrogens (tertiary/aromatic N) is 2. The molecule has 0 radical (unpaired) electrons. The molecule has 1 aliphatic heterocycles. The number of piperidine rings is 1. The summed E-state index contributed by atoms with van der Waals surface area (Å²) < 4.78 is 0. The average Bonchev–Trinajstić information content (AvgIpc) is 2.31. The third-order valence-corrected chi connectivity index (χ3v) is 3.65. The van der Waals surface area contributed by atoms with Gasteiger partial charge in [0, 0.05) is 25.3 Å². The summed E-state index contributed by atoms with van der Waals surface area (Å²) in [7, 11) is 0. The molecule has 2 heterocycles. The van der Waals surface area contributed by atoms with Gasteiger partial charge < -0.3 is 10.6 Å². The lowest BCUT2D eigenvalue weighted by atomic mass is 9.91. The summed E-state index contributed by atoms with van der Waals surface area (Å²) in [6, 6.07) is 4.07. The zero-order valence-electron chi connectivity index (χ0n) is 9.56. The molecule has 0 aliphatic carbocycles. The first-order valence-electron chi connectivity index (χ1n) is 5.83. The minimum Gasteiger partial charge on any atom is -0.355 e. The van der Waals surface area contributed by atoms with Crippen molar-refractivity contribution in [2.24, 2.45) is 11.7 Å². The highest BCUT2D eigenvalue weighted by Gasteiger charge is 2.26. The van der Waals surface area contributed by atoms with Crippen LogP contribution in [0.2, 0.25) is 5.02 Å². The lowest BCUT2D eigenvalue weighted by Gasteiger charge is -2.37. The van der Waals surface area contributed by atoms with E-state index in [-0.39, 0.29) is 0 Å². The molecule has 0 spiro atoms. The zero-order chi connectivity index (χ0) is 11.5. The second kappa shape index (κ2) is 5.02. The summed E-state index contributed by atoms with van der Waals surface area (Å²) in [6.07, 6.45) is 3.92. The van der Waals surface area contributed by atoms with Gasteiger partial charge in [-0.1, -0.05) is 24.9 Å². The van der Waals surface area contributed by atoms with Gasteiger partial charge in [-0.3, -0.25) is 0 Å². The molecular weight excluding hydrogens is 222 g/mol. The molecule has 2 N–H and O–H groups in total. The third kappa shape index (κ3) is 2.30. The van der Waals surface area contributed by atoms with E-state index in [9.17, 15) is 0 Å². The number of hydrogen-bond acceptors (Lipinski definition) is 3. The van der Waals surface area contributed by atoms with Gasteiger partial charge in [-0.2, -0.15) is 0 Å². The maximum absolute atomic E-state index is 6.15. The molecule has 2 rings (SSSR count). The lowest BCUT2D eigenvalue weighted by Crippen LogP contribution is -2.47. The van der Waals surface area contributed by atoms with Crippen molar-refractivity contribution in [3.8, 4) is 0 Å².